The van der Waals surface area contributed by atoms with Crippen LogP contribution in [0.3, 0.4) is 0 Å². The van der Waals surface area contributed by atoms with Crippen molar-refractivity contribution in [3.63, 3.8) is 0 Å². The number of aromatic nitrogens is 1. The van der Waals surface area contributed by atoms with E-state index in [0.717, 1.165) is 0 Å². The van der Waals surface area contributed by atoms with Crippen LogP contribution >= 0.6 is 27.5 Å². The molecule has 0 saturated heterocycles. The van der Waals surface area contributed by atoms with Gasteiger partial charge in [0.25, 0.3) is 0 Å². The molecule has 0 aliphatic heterocycles. The molecule has 0 radical (unpaired) electrons. The number of rotatable bonds is 7. The maximum Gasteiger partial charge on any atom is 0.416 e. The van der Waals surface area contributed by atoms with Crippen LogP contribution in [-0.4, -0.2) is 47.1 Å². The largest absolute Gasteiger partial charge is 0.619 e. The highest BCUT2D eigenvalue weighted by atomic mass is 79.9. The zero-order valence-corrected chi connectivity index (χ0v) is 19.4. The van der Waals surface area contributed by atoms with Crippen LogP contribution in [0.25, 0.3) is 0 Å². The second kappa shape index (κ2) is 11.0. The summed E-state index contributed by atoms with van der Waals surface area (Å²) in [6, 6.07) is 3.32. The third kappa shape index (κ3) is 9.10. The van der Waals surface area contributed by atoms with Crippen LogP contribution in [0, 0.1) is 5.21 Å². The lowest BCUT2D eigenvalue weighted by molar-refractivity contribution is -0.605. The summed E-state index contributed by atoms with van der Waals surface area (Å²) in [6.07, 6.45) is 5.04. The van der Waals surface area contributed by atoms with E-state index in [1.165, 1.54) is 41.6 Å². The van der Waals surface area contributed by atoms with Crippen molar-refractivity contribution in [1.29, 1.82) is 0 Å². The molecule has 29 heavy (non-hydrogen) atoms. The Bertz CT molecular complexity index is 833. The highest BCUT2D eigenvalue weighted by Crippen LogP contribution is 2.20. The van der Waals surface area contributed by atoms with Crippen LogP contribution in [0.4, 0.5) is 4.79 Å². The first-order valence-corrected chi connectivity index (χ1v) is 9.74. The van der Waals surface area contributed by atoms with Gasteiger partial charge < -0.3 is 9.94 Å². The van der Waals surface area contributed by atoms with E-state index in [1.807, 2.05) is 0 Å². The van der Waals surface area contributed by atoms with Crippen LogP contribution < -0.4 is 4.73 Å². The van der Waals surface area contributed by atoms with E-state index in [4.69, 9.17) is 16.3 Å². The molecule has 0 aromatic carbocycles. The second-order valence-electron chi connectivity index (χ2n) is 6.90. The summed E-state index contributed by atoms with van der Waals surface area (Å²) in [6.45, 7) is 9.03. The molecule has 0 atom stereocenters. The third-order valence-electron chi connectivity index (χ3n) is 3.23. The van der Waals surface area contributed by atoms with Crippen LogP contribution in [0.15, 0.2) is 57.6 Å². The number of amides is 1. The van der Waals surface area contributed by atoms with E-state index in [0.29, 0.717) is 20.6 Å². The van der Waals surface area contributed by atoms with Crippen LogP contribution in [0.1, 0.15) is 26.3 Å². The van der Waals surface area contributed by atoms with Gasteiger partial charge in [-0.1, -0.05) is 18.2 Å². The second-order valence-corrected chi connectivity index (χ2v) is 8.31. The van der Waals surface area contributed by atoms with Gasteiger partial charge in [-0.2, -0.15) is 9.83 Å². The fraction of sp³-hybridized carbons (Fsp3) is 0.368. The number of aliphatic imine (C=N–C) groups is 1. The predicted molar refractivity (Wildman–Crippen MR) is 119 cm³/mol. The number of carbonyl (C=O) groups excluding carboxylic acids is 1. The highest BCUT2D eigenvalue weighted by molar-refractivity contribution is 9.12. The van der Waals surface area contributed by atoms with Gasteiger partial charge >= 0.3 is 6.09 Å². The molecule has 0 aliphatic carbocycles. The van der Waals surface area contributed by atoms with E-state index >= 15 is 0 Å². The molecule has 0 spiro atoms. The molecule has 1 amide bonds. The molecule has 1 aromatic heterocycles. The van der Waals surface area contributed by atoms with Gasteiger partial charge in [0.1, 0.15) is 16.6 Å². The van der Waals surface area contributed by atoms with Crippen molar-refractivity contribution in [2.24, 2.45) is 10.1 Å². The summed E-state index contributed by atoms with van der Waals surface area (Å²) in [5, 5.41) is 17.5. The Hall–Kier alpha value is -2.39. The quantitative estimate of drug-likeness (QED) is 0.252. The number of hydrogen-bond acceptors (Lipinski definition) is 6. The number of hydrogen-bond donors (Lipinski definition) is 0. The molecule has 1 rings (SSSR count). The molecule has 8 nitrogen and oxygen atoms in total. The fourth-order valence-electron chi connectivity index (χ4n) is 2.06. The topological polar surface area (TPSA) is 84.4 Å². The number of ether oxygens (including phenoxy) is 1. The molecule has 0 saturated carbocycles. The maximum atomic E-state index is 13.0. The number of allylic oxidation sites excluding steroid dienone is 2. The fourth-order valence-corrected chi connectivity index (χ4v) is 2.25. The van der Waals surface area contributed by atoms with Gasteiger partial charge in [-0.3, -0.25) is 14.9 Å². The van der Waals surface area contributed by atoms with Gasteiger partial charge in [0, 0.05) is 36.3 Å². The SMILES string of the molecule is C=C(Br)/C=N\N(C)/C(=C\C(Cl)=NC)N(Cc1ccc[n+]([O-])c1)C(=O)OC(C)(C)C. The molecule has 0 bridgehead atoms. The molecule has 10 heteroatoms. The lowest BCUT2D eigenvalue weighted by Crippen LogP contribution is -2.40. The molecule has 0 unspecified atom stereocenters. The van der Waals surface area contributed by atoms with Crippen molar-refractivity contribution in [2.75, 3.05) is 14.1 Å². The first kappa shape index (κ1) is 24.6. The van der Waals surface area contributed by atoms with Crippen LogP contribution in [0.2, 0.25) is 0 Å². The summed E-state index contributed by atoms with van der Waals surface area (Å²) >= 11 is 9.31. The highest BCUT2D eigenvalue weighted by Gasteiger charge is 2.28. The molecule has 1 aromatic rings. The smallest absolute Gasteiger partial charge is 0.416 e. The maximum absolute atomic E-state index is 13.0. The zero-order chi connectivity index (χ0) is 22.2. The average Bonchev–Trinajstić information content (AvgIpc) is 2.60. The van der Waals surface area contributed by atoms with E-state index in [9.17, 15) is 10.0 Å². The molecular formula is C19H25BrClN5O3. The van der Waals surface area contributed by atoms with E-state index in [1.54, 1.807) is 40.0 Å². The Balaban J connectivity index is 3.46. The predicted octanol–water partition coefficient (Wildman–Crippen LogP) is 3.99. The van der Waals surface area contributed by atoms with Crippen molar-refractivity contribution < 1.29 is 14.3 Å². The van der Waals surface area contributed by atoms with Crippen LogP contribution in [-0.2, 0) is 11.3 Å². The molecule has 0 aliphatic rings. The molecular weight excluding hydrogens is 462 g/mol. The minimum atomic E-state index is -0.732. The third-order valence-corrected chi connectivity index (χ3v) is 3.71. The van der Waals surface area contributed by atoms with Crippen molar-refractivity contribution >= 4 is 45.0 Å². The summed E-state index contributed by atoms with van der Waals surface area (Å²) < 4.78 is 6.74. The Kier molecular flexibility index (Phi) is 9.32. The van der Waals surface area contributed by atoms with Gasteiger partial charge in [-0.25, -0.2) is 4.79 Å². The zero-order valence-electron chi connectivity index (χ0n) is 17.1. The molecule has 158 valence electrons. The first-order valence-electron chi connectivity index (χ1n) is 8.57. The van der Waals surface area contributed by atoms with Crippen molar-refractivity contribution in [2.45, 2.75) is 32.9 Å². The standard InChI is InChI=1S/C19H25BrClN5O3/c1-14(20)11-23-24(6)17(10-16(21)22-5)26(18(27)29-19(2,3)4)13-15-8-7-9-25(28)12-15/h7-12H,1,13H2,2-6H3/b17-10+,22-16?,23-11-. The van der Waals surface area contributed by atoms with Gasteiger partial charge in [0.2, 0.25) is 0 Å². The summed E-state index contributed by atoms with van der Waals surface area (Å²) in [5.74, 6) is 0.293. The van der Waals surface area contributed by atoms with E-state index < -0.39 is 11.7 Å². The minimum absolute atomic E-state index is 0.0484. The summed E-state index contributed by atoms with van der Waals surface area (Å²) in [7, 11) is 3.16. The molecule has 1 heterocycles. The average molecular weight is 487 g/mol. The molecule has 0 fully saturated rings. The summed E-state index contributed by atoms with van der Waals surface area (Å²) in [4.78, 5) is 18.2. The Morgan fingerprint density at radius 2 is 2.14 bits per heavy atom. The minimum Gasteiger partial charge on any atom is -0.619 e. The van der Waals surface area contributed by atoms with Crippen molar-refractivity contribution in [3.8, 4) is 0 Å². The lowest BCUT2D eigenvalue weighted by atomic mass is 10.2. The number of carbonyl (C=O) groups is 1. The summed E-state index contributed by atoms with van der Waals surface area (Å²) in [5.41, 5.74) is -0.143. The van der Waals surface area contributed by atoms with Gasteiger partial charge in [-0.15, -0.1) is 0 Å². The van der Waals surface area contributed by atoms with Crippen LogP contribution in [0.5, 0.6) is 0 Å². The first-order chi connectivity index (χ1) is 13.4. The Labute approximate surface area is 184 Å². The lowest BCUT2D eigenvalue weighted by Gasteiger charge is -2.31. The number of pyridine rings is 1. The monoisotopic (exact) mass is 485 g/mol. The van der Waals surface area contributed by atoms with Gasteiger partial charge in [-0.05, 0) is 42.8 Å². The Morgan fingerprint density at radius 1 is 1.48 bits per heavy atom. The van der Waals surface area contributed by atoms with Crippen molar-refractivity contribution in [3.05, 3.63) is 58.3 Å². The number of hydrazone groups is 1. The van der Waals surface area contributed by atoms with Crippen molar-refractivity contribution in [1.82, 2.24) is 9.91 Å². The molecule has 0 N–H and O–H groups in total. The van der Waals surface area contributed by atoms with E-state index in [-0.39, 0.29) is 11.7 Å². The normalized spacial score (nSPS) is 12.8. The van der Waals surface area contributed by atoms with Gasteiger partial charge in [0.15, 0.2) is 12.4 Å². The number of halogens is 2. The van der Waals surface area contributed by atoms with E-state index in [2.05, 4.69) is 32.6 Å². The van der Waals surface area contributed by atoms with Gasteiger partial charge in [0.05, 0.1) is 12.8 Å². The Morgan fingerprint density at radius 3 is 2.66 bits per heavy atom. The number of nitrogens with zero attached hydrogens (tertiary/aromatic N) is 5.